The van der Waals surface area contributed by atoms with Crippen molar-refractivity contribution < 1.29 is 0 Å². The molecule has 0 aliphatic heterocycles. The first-order valence-corrected chi connectivity index (χ1v) is 7.76. The highest BCUT2D eigenvalue weighted by molar-refractivity contribution is 7.26. The van der Waals surface area contributed by atoms with Crippen molar-refractivity contribution >= 4 is 54.7 Å². The summed E-state index contributed by atoms with van der Waals surface area (Å²) in [7, 11) is 0. The lowest BCUT2D eigenvalue weighted by molar-refractivity contribution is 1.43. The van der Waals surface area contributed by atoms with Crippen LogP contribution >= 0.6 is 34.5 Å². The van der Waals surface area contributed by atoms with Gasteiger partial charge in [0, 0.05) is 30.2 Å². The molecule has 2 aromatic carbocycles. The van der Waals surface area contributed by atoms with E-state index < -0.39 is 0 Å². The number of hydrogen-bond donors (Lipinski definition) is 0. The van der Waals surface area contributed by atoms with Crippen LogP contribution in [0.4, 0.5) is 0 Å². The Morgan fingerprint density at radius 3 is 1.47 bits per heavy atom. The maximum atomic E-state index is 6.37. The summed E-state index contributed by atoms with van der Waals surface area (Å²) in [5, 5.41) is 4.34. The van der Waals surface area contributed by atoms with Gasteiger partial charge in [-0.25, -0.2) is 0 Å². The summed E-state index contributed by atoms with van der Waals surface area (Å²) in [5.74, 6) is 0. The summed E-state index contributed by atoms with van der Waals surface area (Å²) < 4.78 is 2.55. The van der Waals surface area contributed by atoms with Gasteiger partial charge in [-0.05, 0) is 62.1 Å². The van der Waals surface area contributed by atoms with Crippen LogP contribution in [0.3, 0.4) is 0 Å². The Kier molecular flexibility index (Phi) is 3.05. The van der Waals surface area contributed by atoms with Crippen LogP contribution in [0.5, 0.6) is 0 Å². The lowest BCUT2D eigenvalue weighted by atomic mass is 10.0. The van der Waals surface area contributed by atoms with Gasteiger partial charge in [0.15, 0.2) is 0 Å². The van der Waals surface area contributed by atoms with Crippen LogP contribution in [-0.4, -0.2) is 0 Å². The van der Waals surface area contributed by atoms with E-state index in [0.717, 1.165) is 21.2 Å². The number of thiophene rings is 1. The van der Waals surface area contributed by atoms with Gasteiger partial charge in [0.2, 0.25) is 0 Å². The van der Waals surface area contributed by atoms with Gasteiger partial charge in [-0.3, -0.25) is 0 Å². The monoisotopic (exact) mass is 308 g/mol. The van der Waals surface area contributed by atoms with E-state index in [2.05, 4.69) is 39.8 Å². The fourth-order valence-electron chi connectivity index (χ4n) is 2.65. The average Bonchev–Trinajstić information content (AvgIpc) is 2.73. The van der Waals surface area contributed by atoms with Crippen LogP contribution in [0.15, 0.2) is 12.1 Å². The molecule has 0 unspecified atom stereocenters. The van der Waals surface area contributed by atoms with E-state index in [0.29, 0.717) is 0 Å². The van der Waals surface area contributed by atoms with E-state index in [9.17, 15) is 0 Å². The Labute approximate surface area is 127 Å². The van der Waals surface area contributed by atoms with Crippen LogP contribution < -0.4 is 0 Å². The topological polar surface area (TPSA) is 0 Å². The van der Waals surface area contributed by atoms with E-state index in [4.69, 9.17) is 23.2 Å². The summed E-state index contributed by atoms with van der Waals surface area (Å²) >= 11 is 14.5. The van der Waals surface area contributed by atoms with Gasteiger partial charge >= 0.3 is 0 Å². The first-order chi connectivity index (χ1) is 8.91. The molecule has 0 aliphatic carbocycles. The Morgan fingerprint density at radius 2 is 1.11 bits per heavy atom. The second-order valence-electron chi connectivity index (χ2n) is 5.12. The Balaban J connectivity index is 2.61. The van der Waals surface area contributed by atoms with E-state index in [-0.39, 0.29) is 0 Å². The van der Waals surface area contributed by atoms with Crippen molar-refractivity contribution in [1.82, 2.24) is 0 Å². The van der Waals surface area contributed by atoms with Crippen molar-refractivity contribution in [3.8, 4) is 0 Å². The molecule has 0 bridgehead atoms. The number of benzene rings is 2. The maximum Gasteiger partial charge on any atom is 0.0478 e. The second kappa shape index (κ2) is 4.37. The predicted molar refractivity (Wildman–Crippen MR) is 88.3 cm³/mol. The van der Waals surface area contributed by atoms with Crippen molar-refractivity contribution in [3.63, 3.8) is 0 Å². The minimum absolute atomic E-state index is 0.875. The molecule has 0 N–H and O–H groups in total. The van der Waals surface area contributed by atoms with E-state index >= 15 is 0 Å². The summed E-state index contributed by atoms with van der Waals surface area (Å²) in [6.45, 7) is 8.31. The molecule has 3 aromatic rings. The number of hydrogen-bond acceptors (Lipinski definition) is 1. The predicted octanol–water partition coefficient (Wildman–Crippen LogP) is 6.59. The smallest absolute Gasteiger partial charge is 0.0478 e. The number of aryl methyl sites for hydroxylation is 4. The average molecular weight is 309 g/mol. The highest BCUT2D eigenvalue weighted by Gasteiger charge is 2.15. The van der Waals surface area contributed by atoms with Crippen LogP contribution in [-0.2, 0) is 0 Å². The van der Waals surface area contributed by atoms with Crippen LogP contribution in [0.25, 0.3) is 20.2 Å². The molecule has 1 heterocycles. The standard InChI is InChI=1S/C16H14Cl2S/c1-7-5-11-12-6-8(2)14(18)10(4)16(12)19-15(11)9(3)13(7)17/h5-6H,1-4H3. The molecule has 0 radical (unpaired) electrons. The molecule has 3 heteroatoms. The molecular formula is C16H14Cl2S. The zero-order valence-corrected chi connectivity index (χ0v) is 13.6. The molecule has 0 fully saturated rings. The SMILES string of the molecule is Cc1cc2c(sc3c(C)c(Cl)c(C)cc32)c(C)c1Cl. The number of fused-ring (bicyclic) bond motifs is 3. The Morgan fingerprint density at radius 1 is 0.737 bits per heavy atom. The molecule has 19 heavy (non-hydrogen) atoms. The van der Waals surface area contributed by atoms with Gasteiger partial charge in [0.25, 0.3) is 0 Å². The Bertz CT molecular complexity index is 760. The van der Waals surface area contributed by atoms with Gasteiger partial charge in [-0.2, -0.15) is 0 Å². The first kappa shape index (κ1) is 13.2. The molecule has 1 aromatic heterocycles. The highest BCUT2D eigenvalue weighted by atomic mass is 35.5. The summed E-state index contributed by atoms with van der Waals surface area (Å²) in [4.78, 5) is 0. The van der Waals surface area contributed by atoms with Gasteiger partial charge in [-0.1, -0.05) is 23.2 Å². The van der Waals surface area contributed by atoms with E-state index in [1.807, 2.05) is 0 Å². The van der Waals surface area contributed by atoms with Gasteiger partial charge in [0.1, 0.15) is 0 Å². The second-order valence-corrected chi connectivity index (χ2v) is 6.90. The third-order valence-corrected chi connectivity index (χ3v) is 6.36. The molecule has 0 amide bonds. The van der Waals surface area contributed by atoms with Crippen molar-refractivity contribution in [2.24, 2.45) is 0 Å². The summed E-state index contributed by atoms with van der Waals surface area (Å²) in [5.41, 5.74) is 4.62. The van der Waals surface area contributed by atoms with Gasteiger partial charge in [-0.15, -0.1) is 11.3 Å². The van der Waals surface area contributed by atoms with Crippen LogP contribution in [0.1, 0.15) is 22.3 Å². The minimum atomic E-state index is 0.875. The zero-order chi connectivity index (χ0) is 13.9. The lowest BCUT2D eigenvalue weighted by Crippen LogP contribution is -1.83. The molecule has 0 saturated heterocycles. The molecule has 0 aliphatic rings. The van der Waals surface area contributed by atoms with Gasteiger partial charge in [0.05, 0.1) is 0 Å². The zero-order valence-electron chi connectivity index (χ0n) is 11.3. The molecule has 0 spiro atoms. The molecule has 3 rings (SSSR count). The van der Waals surface area contributed by atoms with Crippen LogP contribution in [0.2, 0.25) is 10.0 Å². The third-order valence-electron chi connectivity index (χ3n) is 3.74. The molecule has 0 saturated carbocycles. The highest BCUT2D eigenvalue weighted by Crippen LogP contribution is 2.43. The fraction of sp³-hybridized carbons (Fsp3) is 0.250. The largest absolute Gasteiger partial charge is 0.135 e. The van der Waals surface area contributed by atoms with Crippen molar-refractivity contribution in [2.75, 3.05) is 0 Å². The first-order valence-electron chi connectivity index (χ1n) is 6.19. The fourth-order valence-corrected chi connectivity index (χ4v) is 4.33. The van der Waals surface area contributed by atoms with Crippen molar-refractivity contribution in [1.29, 1.82) is 0 Å². The molecule has 98 valence electrons. The lowest BCUT2D eigenvalue weighted by Gasteiger charge is -2.05. The van der Waals surface area contributed by atoms with Crippen molar-refractivity contribution in [3.05, 3.63) is 44.4 Å². The minimum Gasteiger partial charge on any atom is -0.135 e. The summed E-state index contributed by atoms with van der Waals surface area (Å²) in [6.07, 6.45) is 0. The maximum absolute atomic E-state index is 6.37. The normalized spacial score (nSPS) is 11.7. The molecule has 0 atom stereocenters. The number of rotatable bonds is 0. The van der Waals surface area contributed by atoms with E-state index in [1.165, 1.54) is 31.3 Å². The number of halogens is 2. The van der Waals surface area contributed by atoms with Crippen LogP contribution in [0, 0.1) is 27.7 Å². The van der Waals surface area contributed by atoms with Crippen molar-refractivity contribution in [2.45, 2.75) is 27.7 Å². The molecular weight excluding hydrogens is 295 g/mol. The third kappa shape index (κ3) is 1.79. The quantitative estimate of drug-likeness (QED) is 0.439. The summed E-state index contributed by atoms with van der Waals surface area (Å²) in [6, 6.07) is 4.38. The Hall–Kier alpha value is -0.760. The van der Waals surface area contributed by atoms with Gasteiger partial charge < -0.3 is 0 Å². The van der Waals surface area contributed by atoms with E-state index in [1.54, 1.807) is 11.3 Å². The molecule has 0 nitrogen and oxygen atoms in total.